The van der Waals surface area contributed by atoms with Crippen LogP contribution in [0.1, 0.15) is 13.3 Å². The molecular formula is C8H16N2O2. The molecule has 0 aromatic carbocycles. The molecular weight excluding hydrogens is 156 g/mol. The van der Waals surface area contributed by atoms with Gasteiger partial charge in [0.25, 0.3) is 0 Å². The van der Waals surface area contributed by atoms with Crippen LogP contribution in [0.25, 0.3) is 0 Å². The third-order valence-corrected chi connectivity index (χ3v) is 2.30. The summed E-state index contributed by atoms with van der Waals surface area (Å²) in [5, 5.41) is 5.97. The summed E-state index contributed by atoms with van der Waals surface area (Å²) in [6.07, 6.45) is 0.866. The smallest absolute Gasteiger partial charge is 0.406 e. The van der Waals surface area contributed by atoms with E-state index in [-0.39, 0.29) is 6.09 Å². The largest absolute Gasteiger partial charge is 0.453 e. The molecule has 1 fully saturated rings. The molecule has 1 aliphatic rings. The third-order valence-electron chi connectivity index (χ3n) is 2.30. The van der Waals surface area contributed by atoms with Crippen LogP contribution in [0, 0.1) is 5.92 Å². The van der Waals surface area contributed by atoms with Crippen LogP contribution in [0.5, 0.6) is 0 Å². The third kappa shape index (κ3) is 2.37. The zero-order chi connectivity index (χ0) is 8.97. The Morgan fingerprint density at radius 2 is 2.50 bits per heavy atom. The lowest BCUT2D eigenvalue weighted by molar-refractivity contribution is 0.166. The molecule has 2 N–H and O–H groups in total. The average molecular weight is 172 g/mol. The number of ether oxygens (including phenoxy) is 1. The van der Waals surface area contributed by atoms with Crippen molar-refractivity contribution in [2.45, 2.75) is 19.4 Å². The number of rotatable bonds is 3. The summed E-state index contributed by atoms with van der Waals surface area (Å²) in [4.78, 5) is 10.7. The summed E-state index contributed by atoms with van der Waals surface area (Å²) in [6, 6.07) is 0.571. The van der Waals surface area contributed by atoms with E-state index >= 15 is 0 Å². The maximum absolute atomic E-state index is 10.7. The molecule has 1 saturated heterocycles. The first-order valence-electron chi connectivity index (χ1n) is 4.29. The minimum Gasteiger partial charge on any atom is -0.453 e. The Hall–Kier alpha value is -0.770. The summed E-state index contributed by atoms with van der Waals surface area (Å²) >= 11 is 0. The Kier molecular flexibility index (Phi) is 3.34. The van der Waals surface area contributed by atoms with E-state index in [2.05, 4.69) is 22.3 Å². The van der Waals surface area contributed by atoms with Crippen molar-refractivity contribution >= 4 is 6.09 Å². The van der Waals surface area contributed by atoms with Gasteiger partial charge in [-0.1, -0.05) is 6.92 Å². The number of methoxy groups -OCH3 is 1. The molecule has 1 aliphatic heterocycles. The number of alkyl carbamates (subject to hydrolysis) is 1. The Morgan fingerprint density at radius 3 is 2.92 bits per heavy atom. The molecule has 0 aromatic heterocycles. The Morgan fingerprint density at radius 1 is 1.83 bits per heavy atom. The van der Waals surface area contributed by atoms with Gasteiger partial charge in [0, 0.05) is 12.6 Å². The molecule has 12 heavy (non-hydrogen) atoms. The fraction of sp³-hybridized carbons (Fsp3) is 0.875. The molecule has 0 aromatic rings. The molecule has 0 saturated carbocycles. The van der Waals surface area contributed by atoms with Gasteiger partial charge in [0.15, 0.2) is 0 Å². The maximum atomic E-state index is 10.7. The topological polar surface area (TPSA) is 50.4 Å². The summed E-state index contributed by atoms with van der Waals surface area (Å²) in [5.41, 5.74) is 0. The number of carbonyl (C=O) groups is 1. The highest BCUT2D eigenvalue weighted by atomic mass is 16.5. The van der Waals surface area contributed by atoms with Gasteiger partial charge in [0.2, 0.25) is 0 Å². The zero-order valence-corrected chi connectivity index (χ0v) is 7.59. The fourth-order valence-electron chi connectivity index (χ4n) is 1.26. The summed E-state index contributed by atoms with van der Waals surface area (Å²) in [7, 11) is 1.38. The number of hydrogen-bond acceptors (Lipinski definition) is 3. The van der Waals surface area contributed by atoms with Gasteiger partial charge in [-0.3, -0.25) is 0 Å². The minimum atomic E-state index is -0.346. The van der Waals surface area contributed by atoms with Crippen molar-refractivity contribution in [3.05, 3.63) is 0 Å². The number of amides is 1. The van der Waals surface area contributed by atoms with Crippen LogP contribution in [0.3, 0.4) is 0 Å². The van der Waals surface area contributed by atoms with Crippen molar-refractivity contribution < 1.29 is 9.53 Å². The predicted molar refractivity (Wildman–Crippen MR) is 46.0 cm³/mol. The van der Waals surface area contributed by atoms with Gasteiger partial charge in [0.1, 0.15) is 0 Å². The Balaban J connectivity index is 2.09. The van der Waals surface area contributed by atoms with Crippen molar-refractivity contribution in [2.24, 2.45) is 5.92 Å². The van der Waals surface area contributed by atoms with Crippen LogP contribution < -0.4 is 10.6 Å². The SMILES string of the molecule is COC(=O)NCC(C)C1CCN1. The second kappa shape index (κ2) is 4.30. The molecule has 0 bridgehead atoms. The predicted octanol–water partition coefficient (Wildman–Crippen LogP) is 0.340. The highest BCUT2D eigenvalue weighted by Crippen LogP contribution is 2.12. The average Bonchev–Trinajstić information content (AvgIpc) is 1.97. The number of nitrogens with one attached hydrogen (secondary N) is 2. The molecule has 0 spiro atoms. The van der Waals surface area contributed by atoms with E-state index in [1.165, 1.54) is 13.5 Å². The summed E-state index contributed by atoms with van der Waals surface area (Å²) < 4.78 is 4.46. The monoisotopic (exact) mass is 172 g/mol. The van der Waals surface area contributed by atoms with E-state index in [9.17, 15) is 4.79 Å². The van der Waals surface area contributed by atoms with E-state index < -0.39 is 0 Å². The molecule has 0 radical (unpaired) electrons. The quantitative estimate of drug-likeness (QED) is 0.645. The van der Waals surface area contributed by atoms with Crippen LogP contribution in [0.4, 0.5) is 4.79 Å². The zero-order valence-electron chi connectivity index (χ0n) is 7.59. The number of carbonyl (C=O) groups excluding carboxylic acids is 1. The molecule has 70 valence electrons. The van der Waals surface area contributed by atoms with Gasteiger partial charge in [-0.2, -0.15) is 0 Å². The van der Waals surface area contributed by atoms with E-state index in [0.29, 0.717) is 18.5 Å². The van der Waals surface area contributed by atoms with Gasteiger partial charge >= 0.3 is 6.09 Å². The first kappa shape index (κ1) is 9.32. The second-order valence-corrected chi connectivity index (χ2v) is 3.20. The van der Waals surface area contributed by atoms with Crippen LogP contribution in [0.2, 0.25) is 0 Å². The van der Waals surface area contributed by atoms with Gasteiger partial charge in [-0.05, 0) is 18.9 Å². The Labute approximate surface area is 72.7 Å². The van der Waals surface area contributed by atoms with Gasteiger partial charge < -0.3 is 15.4 Å². The van der Waals surface area contributed by atoms with E-state index in [0.717, 1.165) is 6.54 Å². The fourth-order valence-corrected chi connectivity index (χ4v) is 1.26. The van der Waals surface area contributed by atoms with Crippen LogP contribution in [0.15, 0.2) is 0 Å². The highest BCUT2D eigenvalue weighted by molar-refractivity contribution is 5.66. The molecule has 1 amide bonds. The van der Waals surface area contributed by atoms with E-state index in [4.69, 9.17) is 0 Å². The lowest BCUT2D eigenvalue weighted by Gasteiger charge is -2.33. The molecule has 2 unspecified atom stereocenters. The number of hydrogen-bond donors (Lipinski definition) is 2. The van der Waals surface area contributed by atoms with Crippen LogP contribution >= 0.6 is 0 Å². The van der Waals surface area contributed by atoms with E-state index in [1.807, 2.05) is 0 Å². The lowest BCUT2D eigenvalue weighted by atomic mass is 9.93. The van der Waals surface area contributed by atoms with Crippen molar-refractivity contribution in [2.75, 3.05) is 20.2 Å². The second-order valence-electron chi connectivity index (χ2n) is 3.20. The first-order chi connectivity index (χ1) is 5.74. The molecule has 4 heteroatoms. The standard InChI is InChI=1S/C8H16N2O2/c1-6(7-3-4-9-7)5-10-8(11)12-2/h6-7,9H,3-5H2,1-2H3,(H,10,11). The van der Waals surface area contributed by atoms with Crippen LogP contribution in [-0.2, 0) is 4.74 Å². The summed E-state index contributed by atoms with van der Waals surface area (Å²) in [6.45, 7) is 3.91. The van der Waals surface area contributed by atoms with Gasteiger partial charge in [0.05, 0.1) is 7.11 Å². The molecule has 4 nitrogen and oxygen atoms in total. The normalized spacial score (nSPS) is 24.0. The van der Waals surface area contributed by atoms with Crippen molar-refractivity contribution in [3.8, 4) is 0 Å². The van der Waals surface area contributed by atoms with E-state index in [1.54, 1.807) is 0 Å². The lowest BCUT2D eigenvalue weighted by Crippen LogP contribution is -2.50. The molecule has 1 heterocycles. The van der Waals surface area contributed by atoms with Gasteiger partial charge in [-0.15, -0.1) is 0 Å². The molecule has 2 atom stereocenters. The Bertz CT molecular complexity index is 157. The van der Waals surface area contributed by atoms with Crippen molar-refractivity contribution in [1.29, 1.82) is 0 Å². The molecule has 0 aliphatic carbocycles. The molecule has 1 rings (SSSR count). The highest BCUT2D eigenvalue weighted by Gasteiger charge is 2.23. The van der Waals surface area contributed by atoms with Crippen molar-refractivity contribution in [3.63, 3.8) is 0 Å². The van der Waals surface area contributed by atoms with Crippen LogP contribution in [-0.4, -0.2) is 32.3 Å². The van der Waals surface area contributed by atoms with Crippen molar-refractivity contribution in [1.82, 2.24) is 10.6 Å². The minimum absolute atomic E-state index is 0.346. The summed E-state index contributed by atoms with van der Waals surface area (Å²) in [5.74, 6) is 0.484. The first-order valence-corrected chi connectivity index (χ1v) is 4.29. The maximum Gasteiger partial charge on any atom is 0.406 e. The van der Waals surface area contributed by atoms with Gasteiger partial charge in [-0.25, -0.2) is 4.79 Å².